The lowest BCUT2D eigenvalue weighted by molar-refractivity contribution is 0.410. The van der Waals surface area contributed by atoms with Crippen molar-refractivity contribution < 1.29 is 9.84 Å². The minimum atomic E-state index is -0.0482. The van der Waals surface area contributed by atoms with Crippen molar-refractivity contribution in [3.05, 3.63) is 51.0 Å². The zero-order chi connectivity index (χ0) is 13.3. The van der Waals surface area contributed by atoms with Crippen LogP contribution in [0.4, 0.5) is 0 Å². The molecule has 0 aromatic heterocycles. The van der Waals surface area contributed by atoms with Crippen LogP contribution in [0.15, 0.2) is 30.3 Å². The van der Waals surface area contributed by atoms with Crippen molar-refractivity contribution in [2.45, 2.75) is 6.92 Å². The average molecular weight is 304 g/mol. The molecule has 0 aliphatic carbocycles. The minimum absolute atomic E-state index is 0.0482. The van der Waals surface area contributed by atoms with Gasteiger partial charge in [0, 0.05) is 16.1 Å². The molecule has 18 heavy (non-hydrogen) atoms. The molecular weight excluding hydrogens is 294 g/mol. The smallest absolute Gasteiger partial charge is 0.169 e. The monoisotopic (exact) mass is 302 g/mol. The van der Waals surface area contributed by atoms with E-state index in [2.05, 4.69) is 0 Å². The first-order valence-corrected chi connectivity index (χ1v) is 6.23. The maximum Gasteiger partial charge on any atom is 0.169 e. The third kappa shape index (κ3) is 2.83. The molecule has 0 saturated heterocycles. The van der Waals surface area contributed by atoms with Crippen LogP contribution in [0.1, 0.15) is 5.56 Å². The van der Waals surface area contributed by atoms with Gasteiger partial charge in [0.25, 0.3) is 0 Å². The second kappa shape index (κ2) is 5.27. The summed E-state index contributed by atoms with van der Waals surface area (Å²) in [5.74, 6) is 0.693. The van der Waals surface area contributed by atoms with E-state index in [4.69, 9.17) is 39.5 Å². The number of benzene rings is 2. The summed E-state index contributed by atoms with van der Waals surface area (Å²) in [6.45, 7) is 1.82. The maximum absolute atomic E-state index is 9.71. The molecule has 0 saturated carbocycles. The van der Waals surface area contributed by atoms with Gasteiger partial charge in [0.15, 0.2) is 11.5 Å². The Morgan fingerprint density at radius 2 is 1.72 bits per heavy atom. The number of phenols is 1. The lowest BCUT2D eigenvalue weighted by Gasteiger charge is -2.12. The molecule has 94 valence electrons. The lowest BCUT2D eigenvalue weighted by atomic mass is 10.2. The van der Waals surface area contributed by atoms with Crippen molar-refractivity contribution >= 4 is 34.8 Å². The molecule has 2 aromatic carbocycles. The quantitative estimate of drug-likeness (QED) is 0.799. The molecule has 0 radical (unpaired) electrons. The van der Waals surface area contributed by atoms with Gasteiger partial charge in [-0.3, -0.25) is 0 Å². The molecule has 2 nitrogen and oxygen atoms in total. The van der Waals surface area contributed by atoms with Crippen molar-refractivity contribution in [3.63, 3.8) is 0 Å². The van der Waals surface area contributed by atoms with Crippen molar-refractivity contribution in [1.29, 1.82) is 0 Å². The number of ether oxygens (including phenoxy) is 1. The Labute approximate surface area is 120 Å². The van der Waals surface area contributed by atoms with Crippen LogP contribution >= 0.6 is 34.8 Å². The summed E-state index contributed by atoms with van der Waals surface area (Å²) in [4.78, 5) is 0. The van der Waals surface area contributed by atoms with E-state index in [0.717, 1.165) is 5.56 Å². The van der Waals surface area contributed by atoms with Gasteiger partial charge in [0.2, 0.25) is 0 Å². The van der Waals surface area contributed by atoms with Crippen molar-refractivity contribution in [2.75, 3.05) is 0 Å². The van der Waals surface area contributed by atoms with Crippen molar-refractivity contribution in [3.8, 4) is 17.2 Å². The Balaban J connectivity index is 2.40. The first kappa shape index (κ1) is 13.3. The highest BCUT2D eigenvalue weighted by atomic mass is 35.5. The zero-order valence-electron chi connectivity index (χ0n) is 9.38. The molecule has 5 heteroatoms. The average Bonchev–Trinajstić information content (AvgIpc) is 2.25. The Morgan fingerprint density at radius 3 is 2.33 bits per heavy atom. The van der Waals surface area contributed by atoms with Gasteiger partial charge in [-0.25, -0.2) is 0 Å². The number of aromatic hydroxyl groups is 1. The molecular formula is C13H9Cl3O2. The topological polar surface area (TPSA) is 29.5 Å². The highest BCUT2D eigenvalue weighted by molar-refractivity contribution is 6.35. The van der Waals surface area contributed by atoms with Gasteiger partial charge in [-0.1, -0.05) is 34.8 Å². The number of hydrogen-bond acceptors (Lipinski definition) is 2. The van der Waals surface area contributed by atoms with E-state index < -0.39 is 0 Å². The van der Waals surface area contributed by atoms with E-state index in [9.17, 15) is 5.11 Å². The predicted molar refractivity (Wildman–Crippen MR) is 74.4 cm³/mol. The summed E-state index contributed by atoms with van der Waals surface area (Å²) in [7, 11) is 0. The fourth-order valence-corrected chi connectivity index (χ4v) is 2.31. The molecule has 0 amide bonds. The molecule has 0 unspecified atom stereocenters. The largest absolute Gasteiger partial charge is 0.504 e. The van der Waals surface area contributed by atoms with Crippen LogP contribution in [-0.4, -0.2) is 5.11 Å². The molecule has 0 bridgehead atoms. The van der Waals surface area contributed by atoms with Gasteiger partial charge in [-0.05, 0) is 36.8 Å². The summed E-state index contributed by atoms with van der Waals surface area (Å²) < 4.78 is 5.58. The van der Waals surface area contributed by atoms with E-state index in [-0.39, 0.29) is 11.5 Å². The minimum Gasteiger partial charge on any atom is -0.504 e. The van der Waals surface area contributed by atoms with Gasteiger partial charge < -0.3 is 9.84 Å². The zero-order valence-corrected chi connectivity index (χ0v) is 11.6. The highest BCUT2D eigenvalue weighted by Crippen LogP contribution is 2.38. The second-order valence-corrected chi connectivity index (χ2v) is 5.03. The molecule has 0 atom stereocenters. The second-order valence-electron chi connectivity index (χ2n) is 3.75. The first-order valence-electron chi connectivity index (χ1n) is 5.09. The Morgan fingerprint density at radius 1 is 1.00 bits per heavy atom. The molecule has 0 aliphatic rings. The molecule has 0 spiro atoms. The summed E-state index contributed by atoms with van der Waals surface area (Å²) >= 11 is 17.7. The third-order valence-electron chi connectivity index (χ3n) is 2.33. The Bertz CT molecular complexity index is 574. The first-order chi connectivity index (χ1) is 8.47. The summed E-state index contributed by atoms with van der Waals surface area (Å²) in [6, 6.07) is 7.90. The van der Waals surface area contributed by atoms with Crippen LogP contribution in [0.3, 0.4) is 0 Å². The fourth-order valence-electron chi connectivity index (χ4n) is 1.51. The van der Waals surface area contributed by atoms with Crippen LogP contribution in [-0.2, 0) is 0 Å². The van der Waals surface area contributed by atoms with Gasteiger partial charge in [-0.2, -0.15) is 0 Å². The van der Waals surface area contributed by atoms with Gasteiger partial charge in [-0.15, -0.1) is 0 Å². The SMILES string of the molecule is Cc1cc(Cl)cc(Cl)c1Oc1ccc(Cl)cc1O. The highest BCUT2D eigenvalue weighted by Gasteiger charge is 2.11. The van der Waals surface area contributed by atoms with Gasteiger partial charge in [0.05, 0.1) is 5.02 Å². The number of halogens is 3. The molecule has 0 heterocycles. The van der Waals surface area contributed by atoms with E-state index in [0.29, 0.717) is 20.8 Å². The number of aryl methyl sites for hydroxylation is 1. The van der Waals surface area contributed by atoms with Crippen LogP contribution in [0.5, 0.6) is 17.2 Å². The summed E-state index contributed by atoms with van der Waals surface area (Å²) in [5.41, 5.74) is 0.779. The predicted octanol–water partition coefficient (Wildman–Crippen LogP) is 5.45. The number of hydrogen-bond donors (Lipinski definition) is 1. The molecule has 0 fully saturated rings. The molecule has 2 aromatic rings. The Hall–Kier alpha value is -1.09. The number of phenolic OH excluding ortho intramolecular Hbond substituents is 1. The molecule has 1 N–H and O–H groups in total. The van der Waals surface area contributed by atoms with Gasteiger partial charge >= 0.3 is 0 Å². The molecule has 0 aliphatic heterocycles. The third-order valence-corrected chi connectivity index (χ3v) is 3.06. The number of rotatable bonds is 2. The maximum atomic E-state index is 9.71. The van der Waals surface area contributed by atoms with Gasteiger partial charge in [0.1, 0.15) is 5.75 Å². The van der Waals surface area contributed by atoms with Crippen LogP contribution < -0.4 is 4.74 Å². The van der Waals surface area contributed by atoms with Crippen LogP contribution in [0, 0.1) is 6.92 Å². The standard InChI is InChI=1S/C13H9Cl3O2/c1-7-4-9(15)5-10(16)13(7)18-12-3-2-8(14)6-11(12)17/h2-6,17H,1H3. The van der Waals surface area contributed by atoms with E-state index in [1.54, 1.807) is 24.3 Å². The summed E-state index contributed by atoms with van der Waals surface area (Å²) in [5, 5.41) is 11.1. The fraction of sp³-hybridized carbons (Fsp3) is 0.0769. The van der Waals surface area contributed by atoms with Crippen molar-refractivity contribution in [1.82, 2.24) is 0 Å². The van der Waals surface area contributed by atoms with Crippen LogP contribution in [0.25, 0.3) is 0 Å². The lowest BCUT2D eigenvalue weighted by Crippen LogP contribution is -1.89. The van der Waals surface area contributed by atoms with E-state index >= 15 is 0 Å². The van der Waals surface area contributed by atoms with Crippen molar-refractivity contribution in [2.24, 2.45) is 0 Å². The van der Waals surface area contributed by atoms with E-state index in [1.165, 1.54) is 6.07 Å². The van der Waals surface area contributed by atoms with Crippen LogP contribution in [0.2, 0.25) is 15.1 Å². The normalized spacial score (nSPS) is 10.4. The van der Waals surface area contributed by atoms with E-state index in [1.807, 2.05) is 6.92 Å². The molecule has 2 rings (SSSR count). The summed E-state index contributed by atoms with van der Waals surface area (Å²) in [6.07, 6.45) is 0. The Kier molecular flexibility index (Phi) is 3.91.